The van der Waals surface area contributed by atoms with Crippen molar-refractivity contribution in [3.63, 3.8) is 0 Å². The number of anilines is 1. The molecule has 0 unspecified atom stereocenters. The van der Waals surface area contributed by atoms with Gasteiger partial charge in [0.25, 0.3) is 0 Å². The molecule has 124 valence electrons. The number of ether oxygens (including phenoxy) is 1. The van der Waals surface area contributed by atoms with Crippen molar-refractivity contribution < 1.29 is 13.9 Å². The van der Waals surface area contributed by atoms with E-state index in [9.17, 15) is 9.18 Å². The average molecular weight is 326 g/mol. The molecule has 2 atom stereocenters. The van der Waals surface area contributed by atoms with E-state index in [0.717, 1.165) is 30.6 Å². The van der Waals surface area contributed by atoms with E-state index in [4.69, 9.17) is 4.74 Å². The van der Waals surface area contributed by atoms with Gasteiger partial charge in [0, 0.05) is 18.3 Å². The molecule has 2 aliphatic heterocycles. The molecule has 0 spiro atoms. The van der Waals surface area contributed by atoms with E-state index >= 15 is 0 Å². The molecule has 4 nitrogen and oxygen atoms in total. The van der Waals surface area contributed by atoms with Crippen LogP contribution < -0.4 is 9.64 Å². The molecule has 1 amide bonds. The number of halogens is 1. The number of methoxy groups -OCH3 is 1. The Hall–Kier alpha value is -2.40. The van der Waals surface area contributed by atoms with Crippen LogP contribution in [0, 0.1) is 5.82 Å². The molecule has 4 rings (SSSR count). The topological polar surface area (TPSA) is 32.8 Å². The first kappa shape index (κ1) is 15.1. The number of nitrogens with zero attached hydrogens (tertiary/aromatic N) is 2. The summed E-state index contributed by atoms with van der Waals surface area (Å²) in [6.07, 6.45) is 1.69. The number of fused-ring (bicyclic) bond motifs is 1. The zero-order valence-corrected chi connectivity index (χ0v) is 13.5. The lowest BCUT2D eigenvalue weighted by atomic mass is 10.1. The number of hydrogen-bond acceptors (Lipinski definition) is 3. The van der Waals surface area contributed by atoms with Crippen molar-refractivity contribution in [3.8, 4) is 5.75 Å². The highest BCUT2D eigenvalue weighted by Gasteiger charge is 2.49. The third-order valence-corrected chi connectivity index (χ3v) is 4.88. The Labute approximate surface area is 140 Å². The number of amides is 1. The maximum absolute atomic E-state index is 13.3. The Morgan fingerprint density at radius 3 is 2.71 bits per heavy atom. The first-order valence-corrected chi connectivity index (χ1v) is 8.17. The van der Waals surface area contributed by atoms with Crippen LogP contribution in [0.1, 0.15) is 24.6 Å². The summed E-state index contributed by atoms with van der Waals surface area (Å²) in [4.78, 5) is 17.0. The fraction of sp³-hybridized carbons (Fsp3) is 0.316. The molecule has 2 heterocycles. The van der Waals surface area contributed by atoms with Gasteiger partial charge in [-0.1, -0.05) is 18.2 Å². The van der Waals surface area contributed by atoms with Gasteiger partial charge >= 0.3 is 0 Å². The molecule has 2 saturated heterocycles. The normalized spacial score (nSPS) is 23.6. The van der Waals surface area contributed by atoms with Crippen LogP contribution in [0.15, 0.2) is 48.5 Å². The SMILES string of the molecule is COc1cccc(N2C(=O)[C@@H]3CCCN3[C@H]2c2ccc(F)cc2)c1. The molecule has 0 bridgehead atoms. The monoisotopic (exact) mass is 326 g/mol. The fourth-order valence-corrected chi connectivity index (χ4v) is 3.78. The summed E-state index contributed by atoms with van der Waals surface area (Å²) >= 11 is 0. The zero-order chi connectivity index (χ0) is 16.7. The van der Waals surface area contributed by atoms with E-state index < -0.39 is 0 Å². The van der Waals surface area contributed by atoms with Gasteiger partial charge in [-0.25, -0.2) is 4.39 Å². The predicted octanol–water partition coefficient (Wildman–Crippen LogP) is 3.34. The quantitative estimate of drug-likeness (QED) is 0.867. The smallest absolute Gasteiger partial charge is 0.246 e. The van der Waals surface area contributed by atoms with E-state index in [1.807, 2.05) is 29.2 Å². The van der Waals surface area contributed by atoms with Crippen LogP contribution in [0.3, 0.4) is 0 Å². The summed E-state index contributed by atoms with van der Waals surface area (Å²) < 4.78 is 18.6. The van der Waals surface area contributed by atoms with Gasteiger partial charge in [-0.15, -0.1) is 0 Å². The minimum atomic E-state index is -0.269. The molecule has 0 N–H and O–H groups in total. The Morgan fingerprint density at radius 1 is 1.17 bits per heavy atom. The summed E-state index contributed by atoms with van der Waals surface area (Å²) in [5.74, 6) is 0.550. The van der Waals surface area contributed by atoms with E-state index in [2.05, 4.69) is 4.90 Å². The number of benzene rings is 2. The molecule has 5 heteroatoms. The highest BCUT2D eigenvalue weighted by atomic mass is 19.1. The van der Waals surface area contributed by atoms with E-state index in [-0.39, 0.29) is 23.9 Å². The van der Waals surface area contributed by atoms with Crippen molar-refractivity contribution in [2.75, 3.05) is 18.6 Å². The van der Waals surface area contributed by atoms with Crippen molar-refractivity contribution in [1.82, 2.24) is 4.90 Å². The molecule has 0 saturated carbocycles. The van der Waals surface area contributed by atoms with Gasteiger partial charge in [0.15, 0.2) is 0 Å². The molecule has 24 heavy (non-hydrogen) atoms. The van der Waals surface area contributed by atoms with Crippen LogP contribution in [0.4, 0.5) is 10.1 Å². The summed E-state index contributed by atoms with van der Waals surface area (Å²) in [6, 6.07) is 13.9. The highest BCUT2D eigenvalue weighted by Crippen LogP contribution is 2.42. The van der Waals surface area contributed by atoms with Crippen LogP contribution >= 0.6 is 0 Å². The van der Waals surface area contributed by atoms with Crippen molar-refractivity contribution in [2.24, 2.45) is 0 Å². The molecular weight excluding hydrogens is 307 g/mol. The van der Waals surface area contributed by atoms with E-state index in [1.54, 1.807) is 19.2 Å². The van der Waals surface area contributed by atoms with Crippen molar-refractivity contribution in [3.05, 3.63) is 59.9 Å². The van der Waals surface area contributed by atoms with Crippen molar-refractivity contribution in [2.45, 2.75) is 25.0 Å². The van der Waals surface area contributed by atoms with Crippen molar-refractivity contribution in [1.29, 1.82) is 0 Å². The Kier molecular flexibility index (Phi) is 3.73. The largest absolute Gasteiger partial charge is 0.497 e. The van der Waals surface area contributed by atoms with E-state index in [0.29, 0.717) is 5.75 Å². The standard InChI is InChI=1S/C19H19FN2O2/c1-24-16-5-2-4-15(12-16)22-18(13-7-9-14(20)10-8-13)21-11-3-6-17(21)19(22)23/h2,4-5,7-10,12,17-18H,3,6,11H2,1H3/t17-,18+/m0/s1. The van der Waals surface area contributed by atoms with Crippen LogP contribution in [-0.4, -0.2) is 30.5 Å². The second kappa shape index (κ2) is 5.91. The maximum Gasteiger partial charge on any atom is 0.246 e. The zero-order valence-electron chi connectivity index (χ0n) is 13.5. The van der Waals surface area contributed by atoms with Gasteiger partial charge in [0.05, 0.1) is 13.2 Å². The van der Waals surface area contributed by atoms with E-state index in [1.165, 1.54) is 12.1 Å². The Bertz CT molecular complexity index is 762. The third kappa shape index (κ3) is 2.36. The summed E-state index contributed by atoms with van der Waals surface area (Å²) in [5.41, 5.74) is 1.74. The van der Waals surface area contributed by atoms with Gasteiger partial charge in [0.1, 0.15) is 17.7 Å². The lowest BCUT2D eigenvalue weighted by Gasteiger charge is -2.30. The van der Waals surface area contributed by atoms with Crippen LogP contribution in [-0.2, 0) is 4.79 Å². The molecule has 2 fully saturated rings. The highest BCUT2D eigenvalue weighted by molar-refractivity contribution is 6.00. The molecule has 0 aromatic heterocycles. The second-order valence-electron chi connectivity index (χ2n) is 6.23. The molecular formula is C19H19FN2O2. The second-order valence-corrected chi connectivity index (χ2v) is 6.23. The number of carbonyl (C=O) groups is 1. The summed E-state index contributed by atoms with van der Waals surface area (Å²) in [7, 11) is 1.61. The van der Waals surface area contributed by atoms with Crippen LogP contribution in [0.2, 0.25) is 0 Å². The minimum Gasteiger partial charge on any atom is -0.497 e. The molecule has 0 radical (unpaired) electrons. The van der Waals surface area contributed by atoms with Crippen molar-refractivity contribution >= 4 is 11.6 Å². The Balaban J connectivity index is 1.79. The minimum absolute atomic E-state index is 0.0914. The number of rotatable bonds is 3. The lowest BCUT2D eigenvalue weighted by molar-refractivity contribution is -0.119. The average Bonchev–Trinajstić information content (AvgIpc) is 3.18. The molecule has 2 aromatic rings. The van der Waals surface area contributed by atoms with Gasteiger partial charge < -0.3 is 4.74 Å². The third-order valence-electron chi connectivity index (χ3n) is 4.88. The lowest BCUT2D eigenvalue weighted by Crippen LogP contribution is -2.32. The summed E-state index contributed by atoms with van der Waals surface area (Å²) in [5, 5.41) is 0. The fourth-order valence-electron chi connectivity index (χ4n) is 3.78. The summed E-state index contributed by atoms with van der Waals surface area (Å²) in [6.45, 7) is 0.874. The number of carbonyl (C=O) groups excluding carboxylic acids is 1. The first-order chi connectivity index (χ1) is 11.7. The predicted molar refractivity (Wildman–Crippen MR) is 89.3 cm³/mol. The van der Waals surface area contributed by atoms with Gasteiger partial charge in [0.2, 0.25) is 5.91 Å². The van der Waals surface area contributed by atoms with Crippen LogP contribution in [0.5, 0.6) is 5.75 Å². The maximum atomic E-state index is 13.3. The van der Waals surface area contributed by atoms with Crippen LogP contribution in [0.25, 0.3) is 0 Å². The Morgan fingerprint density at radius 2 is 1.96 bits per heavy atom. The van der Waals surface area contributed by atoms with Gasteiger partial charge in [-0.05, 0) is 42.7 Å². The molecule has 0 aliphatic carbocycles. The number of hydrogen-bond donors (Lipinski definition) is 0. The van der Waals surface area contributed by atoms with Gasteiger partial charge in [-0.3, -0.25) is 14.6 Å². The molecule has 2 aliphatic rings. The van der Waals surface area contributed by atoms with Gasteiger partial charge in [-0.2, -0.15) is 0 Å². The first-order valence-electron chi connectivity index (χ1n) is 8.17. The molecule has 2 aromatic carbocycles.